The first-order valence-electron chi connectivity index (χ1n) is 11.9. The Balaban J connectivity index is 1.21. The highest BCUT2D eigenvalue weighted by Crippen LogP contribution is 2.57. The maximum absolute atomic E-state index is 13.5. The number of anilines is 1. The van der Waals surface area contributed by atoms with E-state index in [-0.39, 0.29) is 29.1 Å². The van der Waals surface area contributed by atoms with Gasteiger partial charge in [-0.15, -0.1) is 0 Å². The summed E-state index contributed by atoms with van der Waals surface area (Å²) in [6.07, 6.45) is 4.85. The number of ether oxygens (including phenoxy) is 1. The Morgan fingerprint density at radius 3 is 2.45 bits per heavy atom. The van der Waals surface area contributed by atoms with Gasteiger partial charge in [-0.05, 0) is 81.4 Å². The number of nitrogens with zero attached hydrogens (tertiary/aromatic N) is 4. The highest BCUT2D eigenvalue weighted by Gasteiger charge is 2.58. The van der Waals surface area contributed by atoms with Crippen molar-refractivity contribution < 1.29 is 19.4 Å². The molecule has 0 radical (unpaired) electrons. The van der Waals surface area contributed by atoms with Crippen molar-refractivity contribution in [2.24, 2.45) is 17.8 Å². The van der Waals surface area contributed by atoms with E-state index in [4.69, 9.17) is 16.3 Å². The average Bonchev–Trinajstić information content (AvgIpc) is 2.75. The molecule has 2 N–H and O–H groups in total. The summed E-state index contributed by atoms with van der Waals surface area (Å²) in [5, 5.41) is 12.8. The molecular weight excluding hydrogens is 446 g/mol. The number of carbonyl (C=O) groups excluding carboxylic acids is 1. The fourth-order valence-electron chi connectivity index (χ4n) is 6.96. The first-order valence-corrected chi connectivity index (χ1v) is 12.2. The maximum Gasteiger partial charge on any atom is 0.506 e. The third kappa shape index (κ3) is 4.25. The monoisotopic (exact) mass is 477 g/mol. The van der Waals surface area contributed by atoms with Crippen molar-refractivity contribution in [3.05, 3.63) is 17.5 Å². The van der Waals surface area contributed by atoms with E-state index >= 15 is 0 Å². The van der Waals surface area contributed by atoms with Crippen molar-refractivity contribution >= 4 is 29.5 Å². The van der Waals surface area contributed by atoms with E-state index in [1.54, 1.807) is 6.20 Å². The van der Waals surface area contributed by atoms with Crippen molar-refractivity contribution in [2.75, 3.05) is 31.1 Å². The molecule has 6 rings (SSSR count). The van der Waals surface area contributed by atoms with Gasteiger partial charge in [-0.3, -0.25) is 9.69 Å². The molecule has 33 heavy (non-hydrogen) atoms. The van der Waals surface area contributed by atoms with E-state index in [0.717, 1.165) is 64.1 Å². The zero-order valence-electron chi connectivity index (χ0n) is 19.2. The highest BCUT2D eigenvalue weighted by atomic mass is 35.5. The van der Waals surface area contributed by atoms with Crippen molar-refractivity contribution in [1.82, 2.24) is 20.2 Å². The molecule has 2 unspecified atom stereocenters. The molecule has 4 saturated carbocycles. The van der Waals surface area contributed by atoms with Gasteiger partial charge in [0.2, 0.25) is 11.2 Å². The number of amides is 1. The molecule has 0 spiro atoms. The summed E-state index contributed by atoms with van der Waals surface area (Å²) in [5.74, 6) is 1.94. The predicted molar refractivity (Wildman–Crippen MR) is 122 cm³/mol. The largest absolute Gasteiger partial charge is 0.506 e. The smallest absolute Gasteiger partial charge is 0.450 e. The van der Waals surface area contributed by atoms with Crippen LogP contribution in [0.25, 0.3) is 0 Å². The molecule has 10 heteroatoms. The first kappa shape index (κ1) is 22.7. The number of piperazine rings is 1. The fourth-order valence-corrected chi connectivity index (χ4v) is 7.11. The molecule has 4 aliphatic carbocycles. The first-order chi connectivity index (χ1) is 15.6. The number of carboxylic acid groups (broad SMARTS) is 1. The molecular formula is C23H32ClN5O4. The lowest BCUT2D eigenvalue weighted by Gasteiger charge is -2.59. The lowest BCUT2D eigenvalue weighted by atomic mass is 9.52. The second-order valence-electron chi connectivity index (χ2n) is 10.7. The van der Waals surface area contributed by atoms with E-state index < -0.39 is 17.3 Å². The zero-order chi connectivity index (χ0) is 23.4. The molecule has 4 bridgehead atoms. The minimum Gasteiger partial charge on any atom is -0.450 e. The van der Waals surface area contributed by atoms with Gasteiger partial charge in [0.1, 0.15) is 11.4 Å². The standard InChI is InChI=1S/C23H32ClN5O4/c1-22(2,29-7-5-28(6-8-29)17-3-4-25-20(24)26-17)19(30)27-18-15-9-14-10-16(18)13-23(11-14,12-15)33-21(31)32/h3-4,14-16,18H,5-13H2,1-2H3,(H,27,30)(H,31,32). The Kier molecular flexibility index (Phi) is 5.68. The third-order valence-electron chi connectivity index (χ3n) is 8.38. The summed E-state index contributed by atoms with van der Waals surface area (Å²) in [6, 6.07) is 1.95. The van der Waals surface area contributed by atoms with Crippen LogP contribution in [0.1, 0.15) is 46.0 Å². The molecule has 0 aromatic carbocycles. The Morgan fingerprint density at radius 1 is 1.18 bits per heavy atom. The maximum atomic E-state index is 13.5. The summed E-state index contributed by atoms with van der Waals surface area (Å²) < 4.78 is 5.39. The lowest BCUT2D eigenvalue weighted by molar-refractivity contribution is -0.157. The summed E-state index contributed by atoms with van der Waals surface area (Å²) in [4.78, 5) is 37.4. The summed E-state index contributed by atoms with van der Waals surface area (Å²) >= 11 is 5.94. The van der Waals surface area contributed by atoms with Crippen LogP contribution in [0.15, 0.2) is 12.3 Å². The summed E-state index contributed by atoms with van der Waals surface area (Å²) in [5.41, 5.74) is -1.18. The average molecular weight is 478 g/mol. The van der Waals surface area contributed by atoms with E-state index in [1.807, 2.05) is 19.9 Å². The quantitative estimate of drug-likeness (QED) is 0.492. The molecule has 1 aromatic heterocycles. The van der Waals surface area contributed by atoms with E-state index in [2.05, 4.69) is 25.1 Å². The van der Waals surface area contributed by atoms with Gasteiger partial charge in [0.25, 0.3) is 0 Å². The molecule has 180 valence electrons. The van der Waals surface area contributed by atoms with Gasteiger partial charge in [0, 0.05) is 38.4 Å². The van der Waals surface area contributed by atoms with Crippen molar-refractivity contribution in [1.29, 1.82) is 0 Å². The number of rotatable bonds is 5. The minimum absolute atomic E-state index is 0.0479. The van der Waals surface area contributed by atoms with Crippen molar-refractivity contribution in [3.63, 3.8) is 0 Å². The normalized spacial score (nSPS) is 33.7. The molecule has 2 atom stereocenters. The number of halogens is 1. The molecule has 1 aromatic rings. The van der Waals surface area contributed by atoms with E-state index in [1.165, 1.54) is 0 Å². The number of nitrogens with one attached hydrogen (secondary N) is 1. The van der Waals surface area contributed by atoms with Crippen LogP contribution in [0, 0.1) is 17.8 Å². The second-order valence-corrected chi connectivity index (χ2v) is 11.1. The molecule has 1 saturated heterocycles. The topological polar surface area (TPSA) is 108 Å². The van der Waals surface area contributed by atoms with Gasteiger partial charge in [0.05, 0.1) is 5.54 Å². The van der Waals surface area contributed by atoms with Crippen LogP contribution >= 0.6 is 11.6 Å². The number of carbonyl (C=O) groups is 2. The second kappa shape index (κ2) is 8.27. The molecule has 5 aliphatic rings. The van der Waals surface area contributed by atoms with E-state index in [9.17, 15) is 14.7 Å². The highest BCUT2D eigenvalue weighted by molar-refractivity contribution is 6.28. The van der Waals surface area contributed by atoms with Crippen LogP contribution < -0.4 is 10.2 Å². The minimum atomic E-state index is -1.18. The van der Waals surface area contributed by atoms with Crippen molar-refractivity contribution in [2.45, 2.75) is 63.1 Å². The Bertz CT molecular complexity index is 919. The van der Waals surface area contributed by atoms with Crippen LogP contribution in [0.2, 0.25) is 5.28 Å². The Morgan fingerprint density at radius 2 is 1.85 bits per heavy atom. The fraction of sp³-hybridized carbons (Fsp3) is 0.739. The van der Waals surface area contributed by atoms with Gasteiger partial charge < -0.3 is 20.1 Å². The SMILES string of the molecule is CC(C)(C(=O)NC1C2CC3CC1CC(OC(=O)O)(C3)C2)N1CCN(c2ccnc(Cl)n2)CC1. The van der Waals surface area contributed by atoms with Crippen LogP contribution in [0.4, 0.5) is 10.6 Å². The van der Waals surface area contributed by atoms with Crippen LogP contribution in [-0.4, -0.2) is 75.4 Å². The van der Waals surface area contributed by atoms with Gasteiger partial charge >= 0.3 is 6.16 Å². The summed E-state index contributed by atoms with van der Waals surface area (Å²) in [7, 11) is 0. The van der Waals surface area contributed by atoms with Crippen LogP contribution in [0.5, 0.6) is 0 Å². The predicted octanol–water partition coefficient (Wildman–Crippen LogP) is 2.79. The molecule has 1 aliphatic heterocycles. The third-order valence-corrected chi connectivity index (χ3v) is 8.56. The van der Waals surface area contributed by atoms with Gasteiger partial charge in [-0.1, -0.05) is 0 Å². The number of hydrogen-bond donors (Lipinski definition) is 2. The van der Waals surface area contributed by atoms with Crippen LogP contribution in [-0.2, 0) is 9.53 Å². The summed E-state index contributed by atoms with van der Waals surface area (Å²) in [6.45, 7) is 6.99. The molecule has 9 nitrogen and oxygen atoms in total. The van der Waals surface area contributed by atoms with Gasteiger partial charge in [0.15, 0.2) is 0 Å². The van der Waals surface area contributed by atoms with Gasteiger partial charge in [-0.25, -0.2) is 14.8 Å². The number of aromatic nitrogens is 2. The Hall–Kier alpha value is -2.13. The molecule has 5 fully saturated rings. The van der Waals surface area contributed by atoms with Crippen molar-refractivity contribution in [3.8, 4) is 0 Å². The number of hydrogen-bond acceptors (Lipinski definition) is 7. The zero-order valence-corrected chi connectivity index (χ0v) is 19.9. The van der Waals surface area contributed by atoms with Gasteiger partial charge in [-0.2, -0.15) is 0 Å². The van der Waals surface area contributed by atoms with Crippen LogP contribution in [0.3, 0.4) is 0 Å². The van der Waals surface area contributed by atoms with E-state index in [0.29, 0.717) is 5.92 Å². The lowest BCUT2D eigenvalue weighted by Crippen LogP contribution is -2.66. The molecule has 1 amide bonds. The molecule has 2 heterocycles. The Labute approximate surface area is 198 Å².